The van der Waals surface area contributed by atoms with Gasteiger partial charge >= 0.3 is 0 Å². The number of aldehydes is 1. The summed E-state index contributed by atoms with van der Waals surface area (Å²) in [5.41, 5.74) is -0.276. The highest BCUT2D eigenvalue weighted by Crippen LogP contribution is 2.49. The van der Waals surface area contributed by atoms with E-state index in [0.29, 0.717) is 30.4 Å². The number of anilines is 1. The molecule has 0 spiro atoms. The fourth-order valence-electron chi connectivity index (χ4n) is 4.63. The zero-order valence-electron chi connectivity index (χ0n) is 19.2. The number of benzene rings is 2. The van der Waals surface area contributed by atoms with Crippen molar-refractivity contribution in [1.29, 1.82) is 0 Å². The molecule has 0 saturated heterocycles. The van der Waals surface area contributed by atoms with Gasteiger partial charge in [0, 0.05) is 28.9 Å². The lowest BCUT2D eigenvalue weighted by molar-refractivity contribution is -0.117. The van der Waals surface area contributed by atoms with Crippen LogP contribution in [0.25, 0.3) is 28.0 Å². The molecule has 2 atom stereocenters. The Hall–Kier alpha value is -4.34. The first-order valence-corrected chi connectivity index (χ1v) is 11.8. The summed E-state index contributed by atoms with van der Waals surface area (Å²) >= 11 is 0. The van der Waals surface area contributed by atoms with Gasteiger partial charge in [-0.15, -0.1) is 0 Å². The summed E-state index contributed by atoms with van der Waals surface area (Å²) in [5.74, 6) is -3.61. The van der Waals surface area contributed by atoms with Gasteiger partial charge in [-0.25, -0.2) is 18.2 Å². The van der Waals surface area contributed by atoms with Crippen molar-refractivity contribution >= 4 is 29.2 Å². The highest BCUT2D eigenvalue weighted by Gasteiger charge is 2.40. The van der Waals surface area contributed by atoms with Crippen LogP contribution in [0.4, 0.5) is 19.1 Å². The number of hydrogen-bond donors (Lipinski definition) is 1. The Morgan fingerprint density at radius 1 is 1.03 bits per heavy atom. The molecular weight excluding hydrogens is 485 g/mol. The third kappa shape index (κ3) is 4.08. The average Bonchev–Trinajstić information content (AvgIpc) is 3.79. The van der Waals surface area contributed by atoms with E-state index in [9.17, 15) is 27.6 Å². The molecular formula is C27H19F3N4O3. The van der Waals surface area contributed by atoms with Crippen molar-refractivity contribution in [3.8, 4) is 16.9 Å². The lowest BCUT2D eigenvalue weighted by atomic mass is 9.97. The number of carbonyl (C=O) groups excluding carboxylic acids is 2. The summed E-state index contributed by atoms with van der Waals surface area (Å²) < 4.78 is 44.7. The van der Waals surface area contributed by atoms with E-state index in [1.54, 1.807) is 0 Å². The molecule has 2 heterocycles. The van der Waals surface area contributed by atoms with Gasteiger partial charge in [-0.3, -0.25) is 19.5 Å². The van der Waals surface area contributed by atoms with Crippen molar-refractivity contribution in [2.24, 2.45) is 11.8 Å². The predicted octanol–water partition coefficient (Wildman–Crippen LogP) is 4.52. The van der Waals surface area contributed by atoms with Gasteiger partial charge in [0.05, 0.1) is 5.69 Å². The third-order valence-corrected chi connectivity index (χ3v) is 6.78. The van der Waals surface area contributed by atoms with Crippen LogP contribution in [0.3, 0.4) is 0 Å². The number of halogens is 3. The lowest BCUT2D eigenvalue weighted by Gasteiger charge is -2.16. The van der Waals surface area contributed by atoms with Gasteiger partial charge in [-0.1, -0.05) is 6.07 Å². The fourth-order valence-corrected chi connectivity index (χ4v) is 4.63. The van der Waals surface area contributed by atoms with Crippen LogP contribution in [0.1, 0.15) is 30.7 Å². The van der Waals surface area contributed by atoms with Gasteiger partial charge in [-0.05, 0) is 67.1 Å². The zero-order valence-corrected chi connectivity index (χ0v) is 19.2. The number of aromatic nitrogens is 3. The van der Waals surface area contributed by atoms with Gasteiger partial charge in [0.2, 0.25) is 11.9 Å². The first-order chi connectivity index (χ1) is 17.9. The highest BCUT2D eigenvalue weighted by atomic mass is 19.1. The van der Waals surface area contributed by atoms with Gasteiger partial charge in [-0.2, -0.15) is 4.98 Å². The number of hydrogen-bond acceptors (Lipinski definition) is 5. The number of nitrogens with one attached hydrogen (secondary N) is 1. The summed E-state index contributed by atoms with van der Waals surface area (Å²) in [7, 11) is 0. The number of nitrogens with zero attached hydrogens (tertiary/aromatic N) is 3. The van der Waals surface area contributed by atoms with Gasteiger partial charge in [0.25, 0.3) is 5.56 Å². The van der Waals surface area contributed by atoms with E-state index in [2.05, 4.69) is 15.3 Å². The van der Waals surface area contributed by atoms with E-state index in [1.807, 2.05) is 0 Å². The van der Waals surface area contributed by atoms with E-state index in [-0.39, 0.29) is 46.3 Å². The second-order valence-corrected chi connectivity index (χ2v) is 9.35. The topological polar surface area (TPSA) is 94.0 Å². The minimum Gasteiger partial charge on any atom is -0.303 e. The lowest BCUT2D eigenvalue weighted by Crippen LogP contribution is -2.22. The predicted molar refractivity (Wildman–Crippen MR) is 129 cm³/mol. The Morgan fingerprint density at radius 2 is 1.78 bits per heavy atom. The van der Waals surface area contributed by atoms with Crippen LogP contribution in [0, 0.1) is 29.3 Å². The molecule has 2 saturated carbocycles. The number of carbonyl (C=O) groups is 2. The Labute approximate surface area is 208 Å². The molecule has 186 valence electrons. The number of para-hydroxylation sites is 1. The largest absolute Gasteiger partial charge is 0.303 e. The first-order valence-electron chi connectivity index (χ1n) is 11.8. The van der Waals surface area contributed by atoms with Crippen molar-refractivity contribution < 1.29 is 22.8 Å². The van der Waals surface area contributed by atoms with Crippen molar-refractivity contribution in [2.45, 2.75) is 25.2 Å². The summed E-state index contributed by atoms with van der Waals surface area (Å²) in [6.45, 7) is 0. The molecule has 37 heavy (non-hydrogen) atoms. The Morgan fingerprint density at radius 3 is 2.46 bits per heavy atom. The zero-order chi connectivity index (χ0) is 25.8. The highest BCUT2D eigenvalue weighted by molar-refractivity contribution is 5.97. The molecule has 6 rings (SSSR count). The van der Waals surface area contributed by atoms with Crippen molar-refractivity contribution in [2.75, 3.05) is 5.32 Å². The number of pyridine rings is 1. The van der Waals surface area contributed by atoms with Crippen LogP contribution >= 0.6 is 0 Å². The molecule has 4 aromatic rings. The molecule has 0 aliphatic heterocycles. The molecule has 0 bridgehead atoms. The smallest absolute Gasteiger partial charge is 0.256 e. The standard InChI is InChI=1S/C27H19F3N4O3/c28-15-6-7-16(19(11-15)18-10-14(18)12-35)23-17-8-9-22(36)34(24-20(29)2-1-3-21(24)30)25(17)32-27(31-23)33-26(37)13-4-5-13/h1-3,6-9,11-14,18H,4-5,10H2,(H,31,32,33,37). The van der Waals surface area contributed by atoms with E-state index in [4.69, 9.17) is 0 Å². The summed E-state index contributed by atoms with van der Waals surface area (Å²) in [4.78, 5) is 45.7. The van der Waals surface area contributed by atoms with Crippen LogP contribution < -0.4 is 10.9 Å². The van der Waals surface area contributed by atoms with Gasteiger partial charge in [0.1, 0.15) is 29.4 Å². The van der Waals surface area contributed by atoms with Crippen molar-refractivity contribution in [1.82, 2.24) is 14.5 Å². The molecule has 2 aromatic carbocycles. The number of rotatable bonds is 6. The molecule has 2 fully saturated rings. The molecule has 0 radical (unpaired) electrons. The van der Waals surface area contributed by atoms with E-state index in [0.717, 1.165) is 29.1 Å². The molecule has 2 unspecified atom stereocenters. The SMILES string of the molecule is O=CC1CC1c1cc(F)ccc1-c1nc(NC(=O)C2CC2)nc2c1ccc(=O)n2-c1c(F)cccc1F. The number of fused-ring (bicyclic) bond motifs is 1. The maximum absolute atomic E-state index is 14.8. The third-order valence-electron chi connectivity index (χ3n) is 6.78. The molecule has 10 heteroatoms. The van der Waals surface area contributed by atoms with Crippen LogP contribution in [0.15, 0.2) is 53.3 Å². The van der Waals surface area contributed by atoms with Gasteiger partial charge in [0.15, 0.2) is 5.65 Å². The minimum atomic E-state index is -0.979. The van der Waals surface area contributed by atoms with Crippen LogP contribution in [0.2, 0.25) is 0 Å². The summed E-state index contributed by atoms with van der Waals surface area (Å²) in [6.07, 6.45) is 2.79. The molecule has 1 amide bonds. The van der Waals surface area contributed by atoms with Crippen molar-refractivity contribution in [3.05, 3.63) is 81.9 Å². The normalized spacial score (nSPS) is 18.6. The Kier molecular flexibility index (Phi) is 5.40. The number of amides is 1. The van der Waals surface area contributed by atoms with Crippen LogP contribution in [-0.4, -0.2) is 26.7 Å². The minimum absolute atomic E-state index is 0.134. The maximum Gasteiger partial charge on any atom is 0.256 e. The quantitative estimate of drug-likeness (QED) is 0.390. The summed E-state index contributed by atoms with van der Waals surface area (Å²) in [6, 6.07) is 9.84. The van der Waals surface area contributed by atoms with Gasteiger partial charge < -0.3 is 4.79 Å². The van der Waals surface area contributed by atoms with Crippen molar-refractivity contribution in [3.63, 3.8) is 0 Å². The molecule has 2 aliphatic rings. The van der Waals surface area contributed by atoms with E-state index < -0.39 is 28.7 Å². The summed E-state index contributed by atoms with van der Waals surface area (Å²) in [5, 5.41) is 2.89. The first kappa shape index (κ1) is 23.1. The molecule has 2 aromatic heterocycles. The van der Waals surface area contributed by atoms with Crippen LogP contribution in [0.5, 0.6) is 0 Å². The Bertz CT molecular complexity index is 1650. The monoisotopic (exact) mass is 504 g/mol. The van der Waals surface area contributed by atoms with E-state index in [1.165, 1.54) is 30.3 Å². The molecule has 1 N–H and O–H groups in total. The fraction of sp³-hybridized carbons (Fsp3) is 0.222. The van der Waals surface area contributed by atoms with Crippen LogP contribution in [-0.2, 0) is 9.59 Å². The second kappa shape index (κ2) is 8.65. The second-order valence-electron chi connectivity index (χ2n) is 9.35. The van der Waals surface area contributed by atoms with E-state index >= 15 is 0 Å². The Balaban J connectivity index is 1.65. The maximum atomic E-state index is 14.8. The molecule has 7 nitrogen and oxygen atoms in total. The average molecular weight is 504 g/mol. The molecule has 2 aliphatic carbocycles.